The van der Waals surface area contributed by atoms with Crippen LogP contribution in [0.2, 0.25) is 0 Å². The first kappa shape index (κ1) is 16.5. The van der Waals surface area contributed by atoms with Gasteiger partial charge in [-0.05, 0) is 37.3 Å². The number of hydrogen-bond donors (Lipinski definition) is 2. The molecule has 1 atom stereocenters. The first-order valence-electron chi connectivity index (χ1n) is 8.38. The predicted molar refractivity (Wildman–Crippen MR) is 88.6 cm³/mol. The van der Waals surface area contributed by atoms with E-state index in [9.17, 15) is 14.4 Å². The maximum atomic E-state index is 12.7. The first-order valence-corrected chi connectivity index (χ1v) is 8.38. The molecular formula is C18H22N2O4. The fraction of sp³-hybridized carbons (Fsp3) is 0.500. The molecule has 0 unspecified atom stereocenters. The minimum absolute atomic E-state index is 0.00868. The summed E-state index contributed by atoms with van der Waals surface area (Å²) in [6.07, 6.45) is 3.03. The third-order valence-corrected chi connectivity index (χ3v) is 5.04. The van der Waals surface area contributed by atoms with Gasteiger partial charge in [0.05, 0.1) is 5.92 Å². The Hall–Kier alpha value is -2.37. The fourth-order valence-electron chi connectivity index (χ4n) is 3.77. The van der Waals surface area contributed by atoms with Gasteiger partial charge in [0.1, 0.15) is 6.04 Å². The van der Waals surface area contributed by atoms with Gasteiger partial charge in [-0.2, -0.15) is 0 Å². The van der Waals surface area contributed by atoms with Crippen LogP contribution in [0.4, 0.5) is 5.69 Å². The summed E-state index contributed by atoms with van der Waals surface area (Å²) >= 11 is 0. The maximum Gasteiger partial charge on any atom is 0.306 e. The predicted octanol–water partition coefficient (Wildman–Crippen LogP) is 1.72. The minimum Gasteiger partial charge on any atom is -0.481 e. The van der Waals surface area contributed by atoms with Gasteiger partial charge in [-0.1, -0.05) is 18.2 Å². The van der Waals surface area contributed by atoms with Gasteiger partial charge in [0, 0.05) is 25.1 Å². The number of nitrogens with zero attached hydrogens (tertiary/aromatic N) is 1. The largest absolute Gasteiger partial charge is 0.481 e. The summed E-state index contributed by atoms with van der Waals surface area (Å²) < 4.78 is 0. The Balaban J connectivity index is 1.66. The molecule has 0 spiro atoms. The van der Waals surface area contributed by atoms with E-state index in [1.165, 1.54) is 6.92 Å². The zero-order valence-corrected chi connectivity index (χ0v) is 13.7. The number of benzene rings is 1. The van der Waals surface area contributed by atoms with Crippen molar-refractivity contribution >= 4 is 23.5 Å². The molecule has 3 rings (SSSR count). The molecule has 1 fully saturated rings. The summed E-state index contributed by atoms with van der Waals surface area (Å²) in [5, 5.41) is 12.1. The quantitative estimate of drug-likeness (QED) is 0.883. The van der Waals surface area contributed by atoms with Crippen molar-refractivity contribution in [2.24, 2.45) is 5.92 Å². The molecule has 0 saturated heterocycles. The number of carbonyl (C=O) groups is 3. The van der Waals surface area contributed by atoms with Crippen molar-refractivity contribution in [1.29, 1.82) is 0 Å². The van der Waals surface area contributed by atoms with E-state index in [1.807, 2.05) is 24.3 Å². The molecule has 1 saturated carbocycles. The highest BCUT2D eigenvalue weighted by Gasteiger charge is 2.38. The van der Waals surface area contributed by atoms with E-state index in [2.05, 4.69) is 5.32 Å². The summed E-state index contributed by atoms with van der Waals surface area (Å²) in [4.78, 5) is 37.3. The summed E-state index contributed by atoms with van der Waals surface area (Å²) in [5.41, 5.74) is 1.81. The molecule has 6 heteroatoms. The van der Waals surface area contributed by atoms with E-state index < -0.39 is 12.0 Å². The SMILES string of the molecule is CC(=O)N1c2ccccc2C[C@H]1C(=O)NC1CCC(C(=O)O)CC1. The first-order chi connectivity index (χ1) is 11.5. The van der Waals surface area contributed by atoms with Crippen LogP contribution >= 0.6 is 0 Å². The van der Waals surface area contributed by atoms with Crippen molar-refractivity contribution in [2.45, 2.75) is 51.1 Å². The molecule has 1 aromatic rings. The fourth-order valence-corrected chi connectivity index (χ4v) is 3.77. The molecule has 0 radical (unpaired) electrons. The van der Waals surface area contributed by atoms with Crippen LogP contribution in [-0.2, 0) is 20.8 Å². The summed E-state index contributed by atoms with van der Waals surface area (Å²) in [6.45, 7) is 1.47. The van der Waals surface area contributed by atoms with Gasteiger partial charge in [-0.25, -0.2) is 0 Å². The molecular weight excluding hydrogens is 308 g/mol. The highest BCUT2D eigenvalue weighted by atomic mass is 16.4. The highest BCUT2D eigenvalue weighted by molar-refractivity contribution is 6.02. The topological polar surface area (TPSA) is 86.7 Å². The Morgan fingerprint density at radius 2 is 1.79 bits per heavy atom. The third-order valence-electron chi connectivity index (χ3n) is 5.04. The number of carboxylic acid groups (broad SMARTS) is 1. The molecule has 1 aromatic carbocycles. The standard InChI is InChI=1S/C18H22N2O4/c1-11(21)20-15-5-3-2-4-13(15)10-16(20)17(22)19-14-8-6-12(7-9-14)18(23)24/h2-5,12,14,16H,6-10H2,1H3,(H,19,22)(H,23,24)/t12?,14?,16-/m0/s1. The number of para-hydroxylation sites is 1. The van der Waals surface area contributed by atoms with Crippen LogP contribution in [0.5, 0.6) is 0 Å². The van der Waals surface area contributed by atoms with Crippen LogP contribution in [0.3, 0.4) is 0 Å². The number of anilines is 1. The second-order valence-corrected chi connectivity index (χ2v) is 6.63. The van der Waals surface area contributed by atoms with Crippen molar-refractivity contribution in [3.05, 3.63) is 29.8 Å². The Kier molecular flexibility index (Phi) is 4.55. The van der Waals surface area contributed by atoms with Crippen LogP contribution < -0.4 is 10.2 Å². The smallest absolute Gasteiger partial charge is 0.306 e. The van der Waals surface area contributed by atoms with Crippen LogP contribution in [0.1, 0.15) is 38.2 Å². The van der Waals surface area contributed by atoms with Gasteiger partial charge in [0.2, 0.25) is 11.8 Å². The molecule has 24 heavy (non-hydrogen) atoms. The van der Waals surface area contributed by atoms with E-state index in [-0.39, 0.29) is 23.8 Å². The lowest BCUT2D eigenvalue weighted by molar-refractivity contribution is -0.142. The second kappa shape index (κ2) is 6.63. The van der Waals surface area contributed by atoms with Gasteiger partial charge < -0.3 is 10.4 Å². The van der Waals surface area contributed by atoms with Crippen LogP contribution in [0, 0.1) is 5.92 Å². The van der Waals surface area contributed by atoms with Crippen LogP contribution in [-0.4, -0.2) is 35.0 Å². The number of aliphatic carboxylic acids is 1. The zero-order valence-electron chi connectivity index (χ0n) is 13.7. The molecule has 0 aromatic heterocycles. The zero-order chi connectivity index (χ0) is 17.3. The van der Waals surface area contributed by atoms with Crippen molar-refractivity contribution in [3.63, 3.8) is 0 Å². The van der Waals surface area contributed by atoms with E-state index in [0.29, 0.717) is 32.1 Å². The molecule has 2 amide bonds. The monoisotopic (exact) mass is 330 g/mol. The van der Waals surface area contributed by atoms with Gasteiger partial charge in [-0.15, -0.1) is 0 Å². The molecule has 128 valence electrons. The summed E-state index contributed by atoms with van der Waals surface area (Å²) in [7, 11) is 0. The number of fused-ring (bicyclic) bond motifs is 1. The normalized spacial score (nSPS) is 25.9. The molecule has 6 nitrogen and oxygen atoms in total. The number of rotatable bonds is 3. The summed E-state index contributed by atoms with van der Waals surface area (Å²) in [6, 6.07) is 7.05. The Morgan fingerprint density at radius 1 is 1.12 bits per heavy atom. The van der Waals surface area contributed by atoms with E-state index in [4.69, 9.17) is 5.11 Å². The Morgan fingerprint density at radius 3 is 2.42 bits per heavy atom. The van der Waals surface area contributed by atoms with E-state index >= 15 is 0 Å². The van der Waals surface area contributed by atoms with Gasteiger partial charge in [0.25, 0.3) is 0 Å². The van der Waals surface area contributed by atoms with Crippen molar-refractivity contribution < 1.29 is 19.5 Å². The number of carbonyl (C=O) groups excluding carboxylic acids is 2. The molecule has 2 aliphatic rings. The Bertz CT molecular complexity index is 665. The Labute approximate surface area is 140 Å². The average Bonchev–Trinajstić information content (AvgIpc) is 2.95. The van der Waals surface area contributed by atoms with Crippen LogP contribution in [0.25, 0.3) is 0 Å². The lowest BCUT2D eigenvalue weighted by atomic mass is 9.86. The number of nitrogens with one attached hydrogen (secondary N) is 1. The lowest BCUT2D eigenvalue weighted by Crippen LogP contribution is -2.50. The highest BCUT2D eigenvalue weighted by Crippen LogP contribution is 2.32. The lowest BCUT2D eigenvalue weighted by Gasteiger charge is -2.30. The van der Waals surface area contributed by atoms with Gasteiger partial charge in [-0.3, -0.25) is 19.3 Å². The average molecular weight is 330 g/mol. The summed E-state index contributed by atoms with van der Waals surface area (Å²) in [5.74, 6) is -1.36. The van der Waals surface area contributed by atoms with Crippen molar-refractivity contribution in [1.82, 2.24) is 5.32 Å². The van der Waals surface area contributed by atoms with Crippen molar-refractivity contribution in [3.8, 4) is 0 Å². The maximum absolute atomic E-state index is 12.7. The number of amides is 2. The van der Waals surface area contributed by atoms with Crippen molar-refractivity contribution in [2.75, 3.05) is 4.90 Å². The van der Waals surface area contributed by atoms with Gasteiger partial charge >= 0.3 is 5.97 Å². The molecule has 1 aliphatic heterocycles. The minimum atomic E-state index is -0.756. The number of hydrogen-bond acceptors (Lipinski definition) is 3. The number of carboxylic acids is 1. The van der Waals surface area contributed by atoms with Crippen LogP contribution in [0.15, 0.2) is 24.3 Å². The van der Waals surface area contributed by atoms with Gasteiger partial charge in [0.15, 0.2) is 0 Å². The third kappa shape index (κ3) is 3.13. The molecule has 0 bridgehead atoms. The second-order valence-electron chi connectivity index (χ2n) is 6.63. The molecule has 1 heterocycles. The van der Waals surface area contributed by atoms with E-state index in [1.54, 1.807) is 4.90 Å². The van der Waals surface area contributed by atoms with E-state index in [0.717, 1.165) is 11.3 Å². The molecule has 2 N–H and O–H groups in total. The molecule has 1 aliphatic carbocycles.